The molecule has 0 radical (unpaired) electrons. The van der Waals surface area contributed by atoms with Gasteiger partial charge in [0.05, 0.1) is 5.56 Å². The number of para-hydroxylation sites is 1. The van der Waals surface area contributed by atoms with E-state index in [1.807, 2.05) is 0 Å². The number of aliphatic imine (C=N–C) groups is 1. The van der Waals surface area contributed by atoms with Gasteiger partial charge in [-0.1, -0.05) is 12.1 Å². The first-order valence-electron chi connectivity index (χ1n) is 4.70. The molecular weight excluding hydrogens is 194 g/mol. The highest BCUT2D eigenvalue weighted by molar-refractivity contribution is 5.99. The molecule has 0 saturated heterocycles. The Bertz CT molecular complexity index is 414. The van der Waals surface area contributed by atoms with Crippen LogP contribution in [-0.2, 0) is 9.53 Å². The van der Waals surface area contributed by atoms with Crippen molar-refractivity contribution in [3.05, 3.63) is 29.8 Å². The van der Waals surface area contributed by atoms with Crippen molar-refractivity contribution in [3.8, 4) is 5.75 Å². The van der Waals surface area contributed by atoms with E-state index in [0.717, 1.165) is 6.29 Å². The molecule has 4 nitrogen and oxygen atoms in total. The van der Waals surface area contributed by atoms with Gasteiger partial charge in [-0.3, -0.25) is 0 Å². The van der Waals surface area contributed by atoms with Crippen molar-refractivity contribution < 1.29 is 14.6 Å². The van der Waals surface area contributed by atoms with Gasteiger partial charge in [-0.15, -0.1) is 0 Å². The van der Waals surface area contributed by atoms with Crippen molar-refractivity contribution in [1.29, 1.82) is 0 Å². The molecule has 1 aromatic carbocycles. The molecular formula is C11H11NO3. The Morgan fingerprint density at radius 1 is 1.47 bits per heavy atom. The Morgan fingerprint density at radius 3 is 2.80 bits per heavy atom. The molecule has 1 aliphatic heterocycles. The Kier molecular flexibility index (Phi) is 2.41. The van der Waals surface area contributed by atoms with Crippen molar-refractivity contribution >= 4 is 12.2 Å². The van der Waals surface area contributed by atoms with E-state index in [0.29, 0.717) is 11.5 Å². The number of benzene rings is 1. The minimum absolute atomic E-state index is 0.106. The summed E-state index contributed by atoms with van der Waals surface area (Å²) in [5, 5.41) is 9.57. The summed E-state index contributed by atoms with van der Waals surface area (Å²) < 4.78 is 5.39. The number of aldehydes is 1. The van der Waals surface area contributed by atoms with Crippen LogP contribution in [-0.4, -0.2) is 29.4 Å². The Balaban J connectivity index is 2.34. The van der Waals surface area contributed by atoms with Crippen LogP contribution in [0.4, 0.5) is 0 Å². The molecule has 4 heteroatoms. The maximum atomic E-state index is 10.6. The second kappa shape index (κ2) is 3.73. The lowest BCUT2D eigenvalue weighted by Gasteiger charge is -2.07. The van der Waals surface area contributed by atoms with Crippen LogP contribution >= 0.6 is 0 Å². The smallest absolute Gasteiger partial charge is 0.221 e. The molecule has 0 aliphatic carbocycles. The molecule has 0 saturated carbocycles. The van der Waals surface area contributed by atoms with Crippen LogP contribution in [0.5, 0.6) is 5.75 Å². The van der Waals surface area contributed by atoms with Gasteiger partial charge in [0, 0.05) is 0 Å². The molecule has 1 aliphatic rings. The fourth-order valence-electron chi connectivity index (χ4n) is 1.45. The van der Waals surface area contributed by atoms with E-state index in [9.17, 15) is 9.90 Å². The number of phenols is 1. The summed E-state index contributed by atoms with van der Waals surface area (Å²) in [4.78, 5) is 14.7. The topological polar surface area (TPSA) is 58.9 Å². The first-order valence-corrected chi connectivity index (χ1v) is 4.70. The van der Waals surface area contributed by atoms with Gasteiger partial charge in [0.25, 0.3) is 0 Å². The lowest BCUT2D eigenvalue weighted by Crippen LogP contribution is -2.19. The first kappa shape index (κ1) is 9.71. The molecule has 0 bridgehead atoms. The van der Waals surface area contributed by atoms with Crippen LogP contribution in [0.2, 0.25) is 0 Å². The van der Waals surface area contributed by atoms with Gasteiger partial charge in [-0.25, -0.2) is 4.99 Å². The highest BCUT2D eigenvalue weighted by Gasteiger charge is 2.28. The molecule has 0 amide bonds. The van der Waals surface area contributed by atoms with Crippen molar-refractivity contribution in [2.24, 2.45) is 4.99 Å². The highest BCUT2D eigenvalue weighted by Crippen LogP contribution is 2.22. The third kappa shape index (κ3) is 1.70. The van der Waals surface area contributed by atoms with Gasteiger partial charge in [0.2, 0.25) is 5.90 Å². The normalized spacial score (nSPS) is 24.5. The third-order valence-electron chi connectivity index (χ3n) is 2.32. The van der Waals surface area contributed by atoms with Gasteiger partial charge >= 0.3 is 0 Å². The number of nitrogens with zero attached hydrogens (tertiary/aromatic N) is 1. The Morgan fingerprint density at radius 2 is 2.20 bits per heavy atom. The SMILES string of the molecule is C[C@@H]1OC(c2ccccc2O)=N[C@@H]1C=O. The quantitative estimate of drug-likeness (QED) is 0.736. The molecule has 0 spiro atoms. The Hall–Kier alpha value is -1.84. The van der Waals surface area contributed by atoms with Crippen LogP contribution in [0, 0.1) is 0 Å². The van der Waals surface area contributed by atoms with Crippen LogP contribution in [0.15, 0.2) is 29.3 Å². The summed E-state index contributed by atoms with van der Waals surface area (Å²) in [5.41, 5.74) is 0.522. The van der Waals surface area contributed by atoms with Crippen LogP contribution in [0.3, 0.4) is 0 Å². The molecule has 0 fully saturated rings. The standard InChI is InChI=1S/C11H11NO3/c1-7-9(6-13)12-11(15-7)8-4-2-3-5-10(8)14/h2-7,9,14H,1H3/t7-,9+/m0/s1. The van der Waals surface area contributed by atoms with E-state index < -0.39 is 6.04 Å². The van der Waals surface area contributed by atoms with E-state index in [-0.39, 0.29) is 11.9 Å². The maximum absolute atomic E-state index is 10.6. The molecule has 1 aromatic rings. The summed E-state index contributed by atoms with van der Waals surface area (Å²) in [6, 6.07) is 6.28. The number of carbonyl (C=O) groups is 1. The molecule has 2 rings (SSSR count). The fourth-order valence-corrected chi connectivity index (χ4v) is 1.45. The average molecular weight is 205 g/mol. The number of aromatic hydroxyl groups is 1. The third-order valence-corrected chi connectivity index (χ3v) is 2.32. The predicted molar refractivity (Wildman–Crippen MR) is 55.0 cm³/mol. The van der Waals surface area contributed by atoms with Crippen molar-refractivity contribution in [3.63, 3.8) is 0 Å². The maximum Gasteiger partial charge on any atom is 0.221 e. The van der Waals surface area contributed by atoms with Gasteiger partial charge in [-0.2, -0.15) is 0 Å². The van der Waals surface area contributed by atoms with E-state index in [1.54, 1.807) is 31.2 Å². The number of carbonyl (C=O) groups excluding carboxylic acids is 1. The van der Waals surface area contributed by atoms with E-state index in [2.05, 4.69) is 4.99 Å². The summed E-state index contributed by atoms with van der Waals surface area (Å²) >= 11 is 0. The number of rotatable bonds is 2. The molecule has 1 N–H and O–H groups in total. The Labute approximate surface area is 87.2 Å². The molecule has 78 valence electrons. The average Bonchev–Trinajstić information content (AvgIpc) is 2.60. The fraction of sp³-hybridized carbons (Fsp3) is 0.273. The van der Waals surface area contributed by atoms with Gasteiger partial charge in [0.15, 0.2) is 0 Å². The highest BCUT2D eigenvalue weighted by atomic mass is 16.5. The first-order chi connectivity index (χ1) is 7.22. The number of ether oxygens (including phenoxy) is 1. The van der Waals surface area contributed by atoms with Crippen molar-refractivity contribution in [1.82, 2.24) is 0 Å². The van der Waals surface area contributed by atoms with Crippen LogP contribution < -0.4 is 0 Å². The summed E-state index contributed by atoms with van der Waals surface area (Å²) in [5.74, 6) is 0.438. The number of phenolic OH excluding ortho intramolecular Hbond substituents is 1. The molecule has 0 aromatic heterocycles. The minimum Gasteiger partial charge on any atom is -0.507 e. The monoisotopic (exact) mass is 205 g/mol. The number of hydrogen-bond acceptors (Lipinski definition) is 4. The van der Waals surface area contributed by atoms with E-state index >= 15 is 0 Å². The largest absolute Gasteiger partial charge is 0.507 e. The van der Waals surface area contributed by atoms with E-state index in [1.165, 1.54) is 0 Å². The summed E-state index contributed by atoms with van der Waals surface area (Å²) in [6.45, 7) is 1.77. The molecule has 0 unspecified atom stereocenters. The lowest BCUT2D eigenvalue weighted by molar-refractivity contribution is -0.109. The second-order valence-corrected chi connectivity index (χ2v) is 3.40. The zero-order valence-corrected chi connectivity index (χ0v) is 8.25. The lowest BCUT2D eigenvalue weighted by atomic mass is 10.2. The summed E-state index contributed by atoms with van der Waals surface area (Å²) in [7, 11) is 0. The van der Waals surface area contributed by atoms with Gasteiger partial charge in [-0.05, 0) is 19.1 Å². The minimum atomic E-state index is -0.473. The molecule has 1 heterocycles. The zero-order chi connectivity index (χ0) is 10.8. The van der Waals surface area contributed by atoms with Gasteiger partial charge < -0.3 is 14.6 Å². The second-order valence-electron chi connectivity index (χ2n) is 3.40. The number of hydrogen-bond donors (Lipinski definition) is 1. The zero-order valence-electron chi connectivity index (χ0n) is 8.25. The van der Waals surface area contributed by atoms with Crippen LogP contribution in [0.1, 0.15) is 12.5 Å². The van der Waals surface area contributed by atoms with Gasteiger partial charge in [0.1, 0.15) is 24.2 Å². The van der Waals surface area contributed by atoms with Crippen molar-refractivity contribution in [2.75, 3.05) is 0 Å². The molecule has 2 atom stereocenters. The van der Waals surface area contributed by atoms with Crippen LogP contribution in [0.25, 0.3) is 0 Å². The summed E-state index contributed by atoms with van der Waals surface area (Å²) in [6.07, 6.45) is 0.481. The predicted octanol–water partition coefficient (Wildman–Crippen LogP) is 1.12. The van der Waals surface area contributed by atoms with Crippen molar-refractivity contribution in [2.45, 2.75) is 19.1 Å². The van der Waals surface area contributed by atoms with E-state index in [4.69, 9.17) is 4.74 Å². The molecule has 15 heavy (non-hydrogen) atoms.